The molecule has 0 spiro atoms. The van der Waals surface area contributed by atoms with Gasteiger partial charge in [-0.25, -0.2) is 9.59 Å². The van der Waals surface area contributed by atoms with Gasteiger partial charge < -0.3 is 4.74 Å². The molecule has 1 aliphatic rings. The molecule has 0 aromatic heterocycles. The maximum absolute atomic E-state index is 12.0. The number of carbonyl (C=O) groups is 3. The van der Waals surface area contributed by atoms with Crippen molar-refractivity contribution < 1.29 is 19.1 Å². The number of hydrogen-bond donors (Lipinski definition) is 0. The fourth-order valence-electron chi connectivity index (χ4n) is 1.66. The lowest BCUT2D eigenvalue weighted by Crippen LogP contribution is -2.20. The Morgan fingerprint density at radius 2 is 1.65 bits per heavy atom. The third-order valence-corrected chi connectivity index (χ3v) is 2.59. The molecule has 1 aromatic rings. The van der Waals surface area contributed by atoms with Gasteiger partial charge in [-0.15, -0.1) is 0 Å². The third-order valence-electron chi connectivity index (χ3n) is 2.59. The highest BCUT2D eigenvalue weighted by molar-refractivity contribution is 6.16. The monoisotopic (exact) mass is 232 g/mol. The first-order chi connectivity index (χ1) is 7.80. The summed E-state index contributed by atoms with van der Waals surface area (Å²) in [6, 6.07) is 4.43. The second kappa shape index (κ2) is 3.52. The van der Waals surface area contributed by atoms with Crippen LogP contribution in [0.5, 0.6) is 0 Å². The van der Waals surface area contributed by atoms with Gasteiger partial charge in [0.2, 0.25) is 0 Å². The number of rotatable bonds is 1. The Morgan fingerprint density at radius 3 is 2.24 bits per heavy atom. The number of carbonyl (C=O) groups excluding carboxylic acids is 3. The number of esters is 2. The Balaban J connectivity index is 2.49. The van der Waals surface area contributed by atoms with Gasteiger partial charge in [-0.3, -0.25) is 4.79 Å². The maximum atomic E-state index is 12.0. The van der Waals surface area contributed by atoms with Crippen LogP contribution in [0.4, 0.5) is 0 Å². The summed E-state index contributed by atoms with van der Waals surface area (Å²) < 4.78 is 4.46. The molecule has 4 nitrogen and oxygen atoms in total. The minimum Gasteiger partial charge on any atom is -0.386 e. The second-order valence-corrected chi connectivity index (χ2v) is 5.02. The Morgan fingerprint density at radius 1 is 1.06 bits per heavy atom. The molecule has 0 fully saturated rings. The maximum Gasteiger partial charge on any atom is 0.346 e. The lowest BCUT2D eigenvalue weighted by Gasteiger charge is -2.16. The van der Waals surface area contributed by atoms with Crippen molar-refractivity contribution in [3.8, 4) is 0 Å². The molecule has 17 heavy (non-hydrogen) atoms. The molecule has 1 aromatic carbocycles. The van der Waals surface area contributed by atoms with Crippen molar-refractivity contribution in [2.45, 2.75) is 20.8 Å². The van der Waals surface area contributed by atoms with E-state index >= 15 is 0 Å². The quantitative estimate of drug-likeness (QED) is 0.423. The number of ketones is 1. The van der Waals surface area contributed by atoms with Crippen LogP contribution < -0.4 is 0 Å². The van der Waals surface area contributed by atoms with E-state index in [2.05, 4.69) is 4.74 Å². The first kappa shape index (κ1) is 11.5. The number of cyclic esters (lactones) is 2. The molecular formula is C13H12O4. The molecule has 0 N–H and O–H groups in total. The van der Waals surface area contributed by atoms with Gasteiger partial charge in [-0.1, -0.05) is 26.8 Å². The van der Waals surface area contributed by atoms with E-state index in [0.29, 0.717) is 5.56 Å². The molecule has 0 bridgehead atoms. The topological polar surface area (TPSA) is 60.4 Å². The normalized spacial score (nSPS) is 14.5. The van der Waals surface area contributed by atoms with Crippen LogP contribution in [0.3, 0.4) is 0 Å². The molecule has 0 unspecified atom stereocenters. The van der Waals surface area contributed by atoms with Crippen molar-refractivity contribution in [1.82, 2.24) is 0 Å². The minimum atomic E-state index is -0.687. The van der Waals surface area contributed by atoms with Crippen LogP contribution in [0.25, 0.3) is 0 Å². The zero-order chi connectivity index (χ0) is 12.8. The summed E-state index contributed by atoms with van der Waals surface area (Å²) >= 11 is 0. The number of fused-ring (bicyclic) bond motifs is 1. The summed E-state index contributed by atoms with van der Waals surface area (Å²) in [5, 5.41) is 0. The standard InChI is InChI=1S/C13H12O4/c1-13(2,3)10(14)7-4-5-8-9(6-7)12(16)17-11(8)15/h4-6H,1-3H3. The number of benzene rings is 1. The highest BCUT2D eigenvalue weighted by Gasteiger charge is 2.31. The lowest BCUT2D eigenvalue weighted by atomic mass is 9.85. The van der Waals surface area contributed by atoms with Gasteiger partial charge in [0.1, 0.15) is 0 Å². The van der Waals surface area contributed by atoms with Crippen molar-refractivity contribution in [2.24, 2.45) is 5.41 Å². The molecule has 4 heteroatoms. The zero-order valence-corrected chi connectivity index (χ0v) is 9.87. The zero-order valence-electron chi connectivity index (χ0n) is 9.87. The Labute approximate surface area is 98.6 Å². The third kappa shape index (κ3) is 1.86. The van der Waals surface area contributed by atoms with E-state index < -0.39 is 17.4 Å². The molecule has 0 aliphatic carbocycles. The fraction of sp³-hybridized carbons (Fsp3) is 0.308. The molecule has 2 rings (SSSR count). The summed E-state index contributed by atoms with van der Waals surface area (Å²) in [5.74, 6) is -1.42. The van der Waals surface area contributed by atoms with Crippen LogP contribution in [-0.4, -0.2) is 17.7 Å². The number of hydrogen-bond acceptors (Lipinski definition) is 4. The van der Waals surface area contributed by atoms with Crippen LogP contribution in [0, 0.1) is 5.41 Å². The number of Topliss-reactive ketones (excluding diaryl/α,β-unsaturated/α-hetero) is 1. The molecule has 0 saturated heterocycles. The summed E-state index contributed by atoms with van der Waals surface area (Å²) in [4.78, 5) is 34.6. The molecule has 1 aliphatic heterocycles. The van der Waals surface area contributed by atoms with Gasteiger partial charge in [0.25, 0.3) is 0 Å². The van der Waals surface area contributed by atoms with Crippen molar-refractivity contribution >= 4 is 17.7 Å². The number of ether oxygens (including phenoxy) is 1. The molecule has 1 heterocycles. The van der Waals surface area contributed by atoms with Gasteiger partial charge in [-0.2, -0.15) is 0 Å². The van der Waals surface area contributed by atoms with E-state index in [1.807, 2.05) is 0 Å². The predicted octanol–water partition coefficient (Wildman–Crippen LogP) is 2.23. The van der Waals surface area contributed by atoms with E-state index in [4.69, 9.17) is 0 Å². The minimum absolute atomic E-state index is 0.0764. The van der Waals surface area contributed by atoms with Crippen molar-refractivity contribution in [1.29, 1.82) is 0 Å². The predicted molar refractivity (Wildman–Crippen MR) is 60.0 cm³/mol. The molecule has 0 saturated carbocycles. The van der Waals surface area contributed by atoms with Crippen LogP contribution in [0.15, 0.2) is 18.2 Å². The van der Waals surface area contributed by atoms with E-state index in [-0.39, 0.29) is 16.9 Å². The Bertz CT molecular complexity index is 535. The first-order valence-corrected chi connectivity index (χ1v) is 5.26. The van der Waals surface area contributed by atoms with Gasteiger partial charge in [-0.05, 0) is 12.1 Å². The van der Waals surface area contributed by atoms with Gasteiger partial charge in [0, 0.05) is 11.0 Å². The fourth-order valence-corrected chi connectivity index (χ4v) is 1.66. The van der Waals surface area contributed by atoms with Crippen LogP contribution in [0.1, 0.15) is 51.8 Å². The van der Waals surface area contributed by atoms with Crippen molar-refractivity contribution in [3.63, 3.8) is 0 Å². The van der Waals surface area contributed by atoms with Crippen LogP contribution >= 0.6 is 0 Å². The Kier molecular flexibility index (Phi) is 2.38. The van der Waals surface area contributed by atoms with Crippen molar-refractivity contribution in [3.05, 3.63) is 34.9 Å². The molecule has 0 amide bonds. The summed E-state index contributed by atoms with van der Waals surface area (Å²) in [6.07, 6.45) is 0. The summed E-state index contributed by atoms with van der Waals surface area (Å²) in [7, 11) is 0. The summed E-state index contributed by atoms with van der Waals surface area (Å²) in [5.41, 5.74) is 0.286. The highest BCUT2D eigenvalue weighted by atomic mass is 16.6. The highest BCUT2D eigenvalue weighted by Crippen LogP contribution is 2.25. The molecule has 0 radical (unpaired) electrons. The van der Waals surface area contributed by atoms with Crippen LogP contribution in [-0.2, 0) is 4.74 Å². The SMILES string of the molecule is CC(C)(C)C(=O)c1ccc2c(c1)C(=O)OC2=O. The van der Waals surface area contributed by atoms with E-state index in [9.17, 15) is 14.4 Å². The molecule has 88 valence electrons. The average Bonchev–Trinajstić information content (AvgIpc) is 2.52. The van der Waals surface area contributed by atoms with Crippen LogP contribution in [0.2, 0.25) is 0 Å². The van der Waals surface area contributed by atoms with Gasteiger partial charge >= 0.3 is 11.9 Å². The van der Waals surface area contributed by atoms with E-state index in [0.717, 1.165) is 0 Å². The largest absolute Gasteiger partial charge is 0.386 e. The second-order valence-electron chi connectivity index (χ2n) is 5.02. The summed E-state index contributed by atoms with van der Waals surface area (Å²) in [6.45, 7) is 5.39. The first-order valence-electron chi connectivity index (χ1n) is 5.26. The Hall–Kier alpha value is -1.97. The average molecular weight is 232 g/mol. The van der Waals surface area contributed by atoms with Crippen molar-refractivity contribution in [2.75, 3.05) is 0 Å². The van der Waals surface area contributed by atoms with E-state index in [1.54, 1.807) is 26.8 Å². The lowest BCUT2D eigenvalue weighted by molar-refractivity contribution is 0.0443. The van der Waals surface area contributed by atoms with Gasteiger partial charge in [0.05, 0.1) is 11.1 Å². The van der Waals surface area contributed by atoms with Gasteiger partial charge in [0.15, 0.2) is 5.78 Å². The van der Waals surface area contributed by atoms with E-state index in [1.165, 1.54) is 12.1 Å². The smallest absolute Gasteiger partial charge is 0.346 e. The molecule has 0 atom stereocenters. The molecular weight excluding hydrogens is 220 g/mol.